The van der Waals surface area contributed by atoms with Crippen LogP contribution >= 0.6 is 0 Å². The summed E-state index contributed by atoms with van der Waals surface area (Å²) in [6.45, 7) is 1.65. The first-order chi connectivity index (χ1) is 12.3. The van der Waals surface area contributed by atoms with Gasteiger partial charge in [-0.05, 0) is 25.7 Å². The first-order valence-corrected chi connectivity index (χ1v) is 10.1. The second-order valence-electron chi connectivity index (χ2n) is 7.24. The molecule has 0 aromatic heterocycles. The van der Waals surface area contributed by atoms with E-state index in [1.54, 1.807) is 7.05 Å². The Morgan fingerprint density at radius 1 is 0.960 bits per heavy atom. The van der Waals surface area contributed by atoms with E-state index in [1.807, 2.05) is 0 Å². The van der Waals surface area contributed by atoms with Crippen LogP contribution < -0.4 is 16.0 Å². The number of nitrogens with zero attached hydrogens (tertiary/aromatic N) is 1. The number of amides is 1. The van der Waals surface area contributed by atoms with Crippen molar-refractivity contribution >= 4 is 11.9 Å². The van der Waals surface area contributed by atoms with Gasteiger partial charge in [-0.2, -0.15) is 0 Å². The van der Waals surface area contributed by atoms with Crippen LogP contribution in [-0.4, -0.2) is 50.8 Å². The maximum absolute atomic E-state index is 12.0. The molecule has 0 aliphatic heterocycles. The molecule has 0 aromatic rings. The van der Waals surface area contributed by atoms with Crippen LogP contribution in [0, 0.1) is 0 Å². The quantitative estimate of drug-likeness (QED) is 0.285. The van der Waals surface area contributed by atoms with E-state index in [1.165, 1.54) is 57.8 Å². The molecule has 25 heavy (non-hydrogen) atoms. The zero-order valence-electron chi connectivity index (χ0n) is 15.8. The maximum atomic E-state index is 12.0. The van der Waals surface area contributed by atoms with Gasteiger partial charge in [0.1, 0.15) is 0 Å². The zero-order valence-corrected chi connectivity index (χ0v) is 15.8. The van der Waals surface area contributed by atoms with Crippen molar-refractivity contribution in [3.8, 4) is 0 Å². The van der Waals surface area contributed by atoms with Gasteiger partial charge in [-0.3, -0.25) is 9.79 Å². The van der Waals surface area contributed by atoms with Gasteiger partial charge in [0.25, 0.3) is 0 Å². The van der Waals surface area contributed by atoms with E-state index in [9.17, 15) is 4.79 Å². The normalized spacial score (nSPS) is 20.8. The van der Waals surface area contributed by atoms with Gasteiger partial charge in [-0.15, -0.1) is 0 Å². The highest BCUT2D eigenvalue weighted by Crippen LogP contribution is 2.19. The number of ether oxygens (including phenoxy) is 1. The fraction of sp³-hybridized carbons (Fsp3) is 0.895. The Morgan fingerprint density at radius 3 is 2.28 bits per heavy atom. The van der Waals surface area contributed by atoms with Gasteiger partial charge in [0.2, 0.25) is 5.91 Å². The fourth-order valence-corrected chi connectivity index (χ4v) is 3.71. The Hall–Kier alpha value is -1.30. The maximum Gasteiger partial charge on any atom is 0.239 e. The minimum absolute atomic E-state index is 0.0459. The monoisotopic (exact) mass is 352 g/mol. The van der Waals surface area contributed by atoms with Crippen molar-refractivity contribution in [1.82, 2.24) is 16.0 Å². The van der Waals surface area contributed by atoms with Crippen molar-refractivity contribution in [2.24, 2.45) is 4.99 Å². The summed E-state index contributed by atoms with van der Waals surface area (Å²) in [6, 6.07) is 0.353. The Morgan fingerprint density at radius 2 is 1.60 bits per heavy atom. The minimum atomic E-state index is 0.0459. The number of rotatable bonds is 7. The second-order valence-corrected chi connectivity index (χ2v) is 7.24. The van der Waals surface area contributed by atoms with E-state index < -0.39 is 0 Å². The first-order valence-electron chi connectivity index (χ1n) is 10.1. The smallest absolute Gasteiger partial charge is 0.239 e. The summed E-state index contributed by atoms with van der Waals surface area (Å²) in [4.78, 5) is 16.2. The van der Waals surface area contributed by atoms with Gasteiger partial charge in [0.15, 0.2) is 5.96 Å². The lowest BCUT2D eigenvalue weighted by atomic mass is 9.95. The number of guanidine groups is 1. The van der Waals surface area contributed by atoms with Gasteiger partial charge >= 0.3 is 0 Å². The van der Waals surface area contributed by atoms with E-state index in [4.69, 9.17) is 4.74 Å². The summed E-state index contributed by atoms with van der Waals surface area (Å²) in [5, 5.41) is 9.40. The number of hydrogen-bond acceptors (Lipinski definition) is 3. The Labute approximate surface area is 152 Å². The average Bonchev–Trinajstić information content (AvgIpc) is 2.91. The summed E-state index contributed by atoms with van der Waals surface area (Å²) in [6.07, 6.45) is 14.0. The molecule has 0 saturated heterocycles. The third-order valence-corrected chi connectivity index (χ3v) is 5.16. The molecular formula is C19H36N4O2. The van der Waals surface area contributed by atoms with Crippen LogP contribution in [0.5, 0.6) is 0 Å². The highest BCUT2D eigenvalue weighted by atomic mass is 16.5. The summed E-state index contributed by atoms with van der Waals surface area (Å²) in [7, 11) is 1.72. The van der Waals surface area contributed by atoms with Crippen LogP contribution in [0.2, 0.25) is 0 Å². The third-order valence-electron chi connectivity index (χ3n) is 5.16. The predicted molar refractivity (Wildman–Crippen MR) is 102 cm³/mol. The van der Waals surface area contributed by atoms with Crippen molar-refractivity contribution in [2.75, 3.05) is 26.7 Å². The summed E-state index contributed by atoms with van der Waals surface area (Å²) < 4.78 is 5.96. The Bertz CT molecular complexity index is 400. The van der Waals surface area contributed by atoms with Crippen LogP contribution in [0.1, 0.15) is 70.6 Å². The molecule has 0 spiro atoms. The molecule has 144 valence electrons. The lowest BCUT2D eigenvalue weighted by Gasteiger charge is -2.23. The summed E-state index contributed by atoms with van der Waals surface area (Å²) in [5.41, 5.74) is 0. The third kappa shape index (κ3) is 8.56. The van der Waals surface area contributed by atoms with Crippen LogP contribution in [0.25, 0.3) is 0 Å². The van der Waals surface area contributed by atoms with Crippen LogP contribution in [0.15, 0.2) is 4.99 Å². The second kappa shape index (κ2) is 12.1. The van der Waals surface area contributed by atoms with Crippen LogP contribution in [0.3, 0.4) is 0 Å². The van der Waals surface area contributed by atoms with E-state index in [0.29, 0.717) is 31.3 Å². The molecule has 0 atom stereocenters. The molecule has 1 amide bonds. The zero-order chi connectivity index (χ0) is 17.7. The van der Waals surface area contributed by atoms with Crippen molar-refractivity contribution in [1.29, 1.82) is 0 Å². The first kappa shape index (κ1) is 20.0. The topological polar surface area (TPSA) is 74.8 Å². The molecule has 0 bridgehead atoms. The molecule has 3 N–H and O–H groups in total. The highest BCUT2D eigenvalue weighted by molar-refractivity contribution is 5.86. The molecule has 2 aliphatic carbocycles. The number of aliphatic imine (C=N–C) groups is 1. The average molecular weight is 353 g/mol. The lowest BCUT2D eigenvalue weighted by molar-refractivity contribution is -0.120. The van der Waals surface area contributed by atoms with Crippen LogP contribution in [-0.2, 0) is 9.53 Å². The van der Waals surface area contributed by atoms with Gasteiger partial charge in [-0.25, -0.2) is 0 Å². The Balaban J connectivity index is 1.54. The summed E-state index contributed by atoms with van der Waals surface area (Å²) in [5.74, 6) is 0.702. The van der Waals surface area contributed by atoms with Gasteiger partial charge < -0.3 is 20.7 Å². The van der Waals surface area contributed by atoms with Gasteiger partial charge in [0, 0.05) is 19.6 Å². The molecule has 0 radical (unpaired) electrons. The van der Waals surface area contributed by atoms with Gasteiger partial charge in [0.05, 0.1) is 19.3 Å². The standard InChI is InChI=1S/C19H36N4O2/c1-20-19(21-13-14-25-17-11-7-2-3-8-12-17)22-15-18(24)23-16-9-5-4-6-10-16/h16-17H,2-15H2,1H3,(H,23,24)(H2,20,21,22). The Kier molecular flexibility index (Phi) is 9.70. The lowest BCUT2D eigenvalue weighted by Crippen LogP contribution is -2.46. The van der Waals surface area contributed by atoms with Crippen molar-refractivity contribution in [2.45, 2.75) is 82.8 Å². The molecule has 6 heteroatoms. The van der Waals surface area contributed by atoms with Crippen LogP contribution in [0.4, 0.5) is 0 Å². The van der Waals surface area contributed by atoms with E-state index in [0.717, 1.165) is 12.8 Å². The number of hydrogen-bond donors (Lipinski definition) is 3. The molecule has 0 heterocycles. The minimum Gasteiger partial charge on any atom is -0.376 e. The fourth-order valence-electron chi connectivity index (χ4n) is 3.71. The van der Waals surface area contributed by atoms with E-state index in [-0.39, 0.29) is 12.5 Å². The highest BCUT2D eigenvalue weighted by Gasteiger charge is 2.15. The number of carbonyl (C=O) groups is 1. The molecule has 2 aliphatic rings. The molecule has 2 rings (SSSR count). The van der Waals surface area contributed by atoms with Crippen molar-refractivity contribution in [3.05, 3.63) is 0 Å². The van der Waals surface area contributed by atoms with Gasteiger partial charge in [-0.1, -0.05) is 44.9 Å². The van der Waals surface area contributed by atoms with E-state index >= 15 is 0 Å². The SMILES string of the molecule is CN=C(NCCOC1CCCCCC1)NCC(=O)NC1CCCCC1. The van der Waals surface area contributed by atoms with Crippen molar-refractivity contribution < 1.29 is 9.53 Å². The molecule has 6 nitrogen and oxygen atoms in total. The molecule has 2 fully saturated rings. The summed E-state index contributed by atoms with van der Waals surface area (Å²) >= 11 is 0. The van der Waals surface area contributed by atoms with E-state index in [2.05, 4.69) is 20.9 Å². The largest absolute Gasteiger partial charge is 0.376 e. The predicted octanol–water partition coefficient (Wildman–Crippen LogP) is 2.34. The molecule has 0 unspecified atom stereocenters. The molecule has 0 aromatic carbocycles. The number of nitrogens with one attached hydrogen (secondary N) is 3. The number of carbonyl (C=O) groups excluding carboxylic acids is 1. The van der Waals surface area contributed by atoms with Crippen molar-refractivity contribution in [3.63, 3.8) is 0 Å². The molecule has 2 saturated carbocycles. The molecular weight excluding hydrogens is 316 g/mol.